The third kappa shape index (κ3) is 3.03. The highest BCUT2D eigenvalue weighted by Gasteiger charge is 2.45. The molecule has 3 saturated carbocycles. The van der Waals surface area contributed by atoms with E-state index < -0.39 is 0 Å². The van der Waals surface area contributed by atoms with E-state index in [1.165, 1.54) is 55.7 Å². The molecule has 4 aliphatic carbocycles. The second kappa shape index (κ2) is 7.19. The Bertz CT molecular complexity index is 848. The molecule has 6 unspecified atom stereocenters. The molecule has 2 aromatic carbocycles. The van der Waals surface area contributed by atoms with Crippen molar-refractivity contribution in [3.8, 4) is 0 Å². The molecule has 0 saturated heterocycles. The molecule has 0 amide bonds. The fourth-order valence-corrected chi connectivity index (χ4v) is 8.13. The first-order chi connectivity index (χ1) is 13.8. The molecular weight excluding hydrogens is 336 g/mol. The Hall–Kier alpha value is -1.30. The molecule has 148 valence electrons. The van der Waals surface area contributed by atoms with Crippen LogP contribution in [-0.4, -0.2) is 0 Å². The summed E-state index contributed by atoms with van der Waals surface area (Å²) in [5, 5.41) is 2.89. The maximum absolute atomic E-state index is 2.54. The molecule has 0 N–H and O–H groups in total. The van der Waals surface area contributed by atoms with Crippen molar-refractivity contribution in [3.05, 3.63) is 47.5 Å². The summed E-state index contributed by atoms with van der Waals surface area (Å²) in [7, 11) is 0. The van der Waals surface area contributed by atoms with Crippen LogP contribution in [0.5, 0.6) is 0 Å². The summed E-state index contributed by atoms with van der Waals surface area (Å²) in [6.07, 6.45) is 18.1. The van der Waals surface area contributed by atoms with Crippen molar-refractivity contribution in [3.63, 3.8) is 0 Å². The SMILES string of the molecule is c1ccc2cc3c(cc2c1)CCC(C1CCCC2CC4CCCCC4CC21)C3. The highest BCUT2D eigenvalue weighted by Crippen LogP contribution is 2.54. The Morgan fingerprint density at radius 3 is 2.11 bits per heavy atom. The average Bonchev–Trinajstić information content (AvgIpc) is 2.75. The van der Waals surface area contributed by atoms with E-state index in [1.54, 1.807) is 43.2 Å². The molecule has 0 aliphatic heterocycles. The van der Waals surface area contributed by atoms with Gasteiger partial charge in [0.2, 0.25) is 0 Å². The Labute approximate surface area is 171 Å². The number of benzene rings is 2. The van der Waals surface area contributed by atoms with E-state index in [2.05, 4.69) is 36.4 Å². The number of fused-ring (bicyclic) bond motifs is 4. The normalized spacial score (nSPS) is 37.7. The summed E-state index contributed by atoms with van der Waals surface area (Å²) in [6, 6.07) is 14.0. The van der Waals surface area contributed by atoms with Gasteiger partial charge in [-0.3, -0.25) is 0 Å². The van der Waals surface area contributed by atoms with Gasteiger partial charge in [-0.15, -0.1) is 0 Å². The Morgan fingerprint density at radius 1 is 0.571 bits per heavy atom. The lowest BCUT2D eigenvalue weighted by Gasteiger charge is -2.51. The van der Waals surface area contributed by atoms with E-state index in [4.69, 9.17) is 0 Å². The van der Waals surface area contributed by atoms with Gasteiger partial charge in [-0.2, -0.15) is 0 Å². The minimum absolute atomic E-state index is 0.960. The number of hydrogen-bond donors (Lipinski definition) is 0. The largest absolute Gasteiger partial charge is 0.0616 e. The van der Waals surface area contributed by atoms with Crippen molar-refractivity contribution in [2.45, 2.75) is 77.0 Å². The highest BCUT2D eigenvalue weighted by atomic mass is 14.5. The summed E-state index contributed by atoms with van der Waals surface area (Å²) < 4.78 is 0. The van der Waals surface area contributed by atoms with Crippen LogP contribution in [0.4, 0.5) is 0 Å². The molecule has 2 aromatic rings. The topological polar surface area (TPSA) is 0 Å². The molecular formula is C28H36. The maximum Gasteiger partial charge on any atom is -0.0181 e. The first kappa shape index (κ1) is 17.5. The summed E-state index contributed by atoms with van der Waals surface area (Å²) in [4.78, 5) is 0. The second-order valence-corrected chi connectivity index (χ2v) is 10.8. The third-order valence-electron chi connectivity index (χ3n) is 9.45. The van der Waals surface area contributed by atoms with E-state index in [0.29, 0.717) is 0 Å². The van der Waals surface area contributed by atoms with E-state index >= 15 is 0 Å². The third-order valence-corrected chi connectivity index (χ3v) is 9.45. The summed E-state index contributed by atoms with van der Waals surface area (Å²) in [6.45, 7) is 0. The van der Waals surface area contributed by atoms with E-state index in [0.717, 1.165) is 35.5 Å². The van der Waals surface area contributed by atoms with Gasteiger partial charge in [0.25, 0.3) is 0 Å². The molecule has 0 bridgehead atoms. The smallest absolute Gasteiger partial charge is 0.0181 e. The maximum atomic E-state index is 2.54. The lowest BCUT2D eigenvalue weighted by Crippen LogP contribution is -2.42. The van der Waals surface area contributed by atoms with Gasteiger partial charge in [0.05, 0.1) is 0 Å². The Kier molecular flexibility index (Phi) is 4.51. The monoisotopic (exact) mass is 372 g/mol. The molecule has 3 fully saturated rings. The van der Waals surface area contributed by atoms with E-state index in [1.807, 2.05) is 0 Å². The van der Waals surface area contributed by atoms with Crippen LogP contribution < -0.4 is 0 Å². The number of hydrogen-bond acceptors (Lipinski definition) is 0. The van der Waals surface area contributed by atoms with Gasteiger partial charge >= 0.3 is 0 Å². The lowest BCUT2D eigenvalue weighted by molar-refractivity contribution is -0.00541. The van der Waals surface area contributed by atoms with Gasteiger partial charge in [-0.05, 0) is 95.9 Å². The zero-order valence-corrected chi connectivity index (χ0v) is 17.4. The van der Waals surface area contributed by atoms with Crippen LogP contribution in [0.2, 0.25) is 0 Å². The van der Waals surface area contributed by atoms with Crippen LogP contribution in [0, 0.1) is 35.5 Å². The minimum Gasteiger partial charge on any atom is -0.0616 e. The Balaban J connectivity index is 1.25. The van der Waals surface area contributed by atoms with Crippen LogP contribution >= 0.6 is 0 Å². The fraction of sp³-hybridized carbons (Fsp3) is 0.643. The van der Waals surface area contributed by atoms with Crippen LogP contribution in [0.3, 0.4) is 0 Å². The summed E-state index contributed by atoms with van der Waals surface area (Å²) >= 11 is 0. The first-order valence-corrected chi connectivity index (χ1v) is 12.4. The van der Waals surface area contributed by atoms with Gasteiger partial charge < -0.3 is 0 Å². The van der Waals surface area contributed by atoms with Crippen molar-refractivity contribution >= 4 is 10.8 Å². The predicted octanol–water partition coefficient (Wildman–Crippen LogP) is 7.58. The minimum atomic E-state index is 0.960. The standard InChI is InChI=1S/C28H36/c1-2-8-21-16-26-17-25(13-12-23(26)14-19(21)6-1)27-11-5-10-24-15-20-7-3-4-9-22(20)18-28(24)27/h1-2,6,8,14,16,20,22,24-25,27-28H,3-5,7,9-13,15,17-18H2. The number of aryl methyl sites for hydroxylation is 1. The van der Waals surface area contributed by atoms with Gasteiger partial charge in [0, 0.05) is 0 Å². The molecule has 4 aliphatic rings. The number of rotatable bonds is 1. The predicted molar refractivity (Wildman–Crippen MR) is 118 cm³/mol. The molecule has 0 aromatic heterocycles. The highest BCUT2D eigenvalue weighted by molar-refractivity contribution is 5.84. The zero-order valence-electron chi connectivity index (χ0n) is 17.4. The van der Waals surface area contributed by atoms with Gasteiger partial charge in [0.15, 0.2) is 0 Å². The summed E-state index contributed by atoms with van der Waals surface area (Å²) in [5.41, 5.74) is 3.33. The van der Waals surface area contributed by atoms with Crippen LogP contribution in [0.25, 0.3) is 10.8 Å². The molecule has 6 atom stereocenters. The molecule has 0 heteroatoms. The van der Waals surface area contributed by atoms with Gasteiger partial charge in [-0.1, -0.05) is 74.9 Å². The van der Waals surface area contributed by atoms with Crippen molar-refractivity contribution in [1.82, 2.24) is 0 Å². The molecule has 0 radical (unpaired) electrons. The van der Waals surface area contributed by atoms with Gasteiger partial charge in [-0.25, -0.2) is 0 Å². The molecule has 6 rings (SSSR count). The Morgan fingerprint density at radius 2 is 1.29 bits per heavy atom. The zero-order chi connectivity index (χ0) is 18.5. The summed E-state index contributed by atoms with van der Waals surface area (Å²) in [5.74, 6) is 6.33. The van der Waals surface area contributed by atoms with Crippen molar-refractivity contribution in [1.29, 1.82) is 0 Å². The van der Waals surface area contributed by atoms with E-state index in [9.17, 15) is 0 Å². The van der Waals surface area contributed by atoms with Crippen molar-refractivity contribution < 1.29 is 0 Å². The molecule has 0 heterocycles. The molecule has 0 spiro atoms. The van der Waals surface area contributed by atoms with Crippen LogP contribution in [0.15, 0.2) is 36.4 Å². The average molecular weight is 373 g/mol. The first-order valence-electron chi connectivity index (χ1n) is 12.4. The molecule has 0 nitrogen and oxygen atoms in total. The fourth-order valence-electron chi connectivity index (χ4n) is 8.13. The molecule has 28 heavy (non-hydrogen) atoms. The lowest BCUT2D eigenvalue weighted by atomic mass is 9.54. The van der Waals surface area contributed by atoms with Crippen molar-refractivity contribution in [2.75, 3.05) is 0 Å². The van der Waals surface area contributed by atoms with E-state index in [-0.39, 0.29) is 0 Å². The van der Waals surface area contributed by atoms with Crippen LogP contribution in [0.1, 0.15) is 75.3 Å². The second-order valence-electron chi connectivity index (χ2n) is 10.8. The van der Waals surface area contributed by atoms with Crippen molar-refractivity contribution in [2.24, 2.45) is 35.5 Å². The van der Waals surface area contributed by atoms with Crippen LogP contribution in [-0.2, 0) is 12.8 Å². The van der Waals surface area contributed by atoms with Gasteiger partial charge in [0.1, 0.15) is 0 Å². The quantitative estimate of drug-likeness (QED) is 0.484.